The lowest BCUT2D eigenvalue weighted by Gasteiger charge is -2.14. The second kappa shape index (κ2) is 6.94. The molecule has 5 nitrogen and oxygen atoms in total. The maximum absolute atomic E-state index is 12.6. The van der Waals surface area contributed by atoms with E-state index in [1.54, 1.807) is 24.3 Å². The van der Waals surface area contributed by atoms with Gasteiger partial charge in [0.1, 0.15) is 0 Å². The Morgan fingerprint density at radius 3 is 2.69 bits per heavy atom. The Morgan fingerprint density at radius 1 is 1.12 bits per heavy atom. The molecule has 1 atom stereocenters. The summed E-state index contributed by atoms with van der Waals surface area (Å²) in [5.74, 6) is -0.318. The summed E-state index contributed by atoms with van der Waals surface area (Å²) in [6, 6.07) is 14.6. The molecule has 2 aromatic carbocycles. The second-order valence-electron chi connectivity index (χ2n) is 6.49. The number of para-hydroxylation sites is 1. The number of H-pyrrole nitrogens is 1. The maximum atomic E-state index is 12.6. The zero-order chi connectivity index (χ0) is 18.1. The van der Waals surface area contributed by atoms with Crippen LogP contribution in [-0.2, 0) is 16.0 Å². The summed E-state index contributed by atoms with van der Waals surface area (Å²) in [4.78, 5) is 29.5. The topological polar surface area (TPSA) is 69.8 Å². The zero-order valence-corrected chi connectivity index (χ0v) is 14.9. The lowest BCUT2D eigenvalue weighted by Crippen LogP contribution is -2.92. The Bertz CT molecular complexity index is 965. The number of hydrogen-bond donors (Lipinski definition) is 2. The van der Waals surface area contributed by atoms with Gasteiger partial charge in [-0.15, -0.1) is 0 Å². The molecular formula is C20H19ClN3O2+. The third-order valence-corrected chi connectivity index (χ3v) is 5.06. The number of quaternary nitrogens is 1. The van der Waals surface area contributed by atoms with Crippen molar-refractivity contribution < 1.29 is 14.9 Å². The number of amides is 2. The van der Waals surface area contributed by atoms with E-state index in [0.29, 0.717) is 10.7 Å². The first-order valence-electron chi connectivity index (χ1n) is 8.64. The predicted molar refractivity (Wildman–Crippen MR) is 101 cm³/mol. The van der Waals surface area contributed by atoms with E-state index in [-0.39, 0.29) is 24.3 Å². The van der Waals surface area contributed by atoms with Crippen LogP contribution < -0.4 is 10.2 Å². The maximum Gasteiger partial charge on any atom is 0.292 e. The van der Waals surface area contributed by atoms with E-state index in [4.69, 9.17) is 11.6 Å². The first-order valence-corrected chi connectivity index (χ1v) is 9.02. The van der Waals surface area contributed by atoms with Crippen LogP contribution in [-0.4, -0.2) is 29.4 Å². The van der Waals surface area contributed by atoms with Gasteiger partial charge in [-0.2, -0.15) is 0 Å². The van der Waals surface area contributed by atoms with Crippen molar-refractivity contribution in [1.82, 2.24) is 4.98 Å². The van der Waals surface area contributed by atoms with E-state index in [1.807, 2.05) is 29.7 Å². The van der Waals surface area contributed by atoms with Crippen molar-refractivity contribution in [2.75, 3.05) is 11.4 Å². The first-order chi connectivity index (χ1) is 12.6. The summed E-state index contributed by atoms with van der Waals surface area (Å²) in [5.41, 5.74) is 2.92. The van der Waals surface area contributed by atoms with Crippen molar-refractivity contribution in [3.05, 3.63) is 65.3 Å². The number of halogens is 1. The van der Waals surface area contributed by atoms with E-state index >= 15 is 0 Å². The van der Waals surface area contributed by atoms with Crippen molar-refractivity contribution in [2.24, 2.45) is 0 Å². The van der Waals surface area contributed by atoms with Crippen LogP contribution in [0.1, 0.15) is 12.0 Å². The molecule has 6 heteroatoms. The molecule has 1 saturated heterocycles. The minimum absolute atomic E-state index is 0.156. The predicted octanol–water partition coefficient (Wildman–Crippen LogP) is 2.26. The van der Waals surface area contributed by atoms with Crippen LogP contribution in [0.5, 0.6) is 0 Å². The molecule has 1 aliphatic rings. The number of carbonyl (C=O) groups excluding carboxylic acids is 2. The number of carbonyl (C=O) groups is 2. The number of rotatable bonds is 5. The fraction of sp³-hybridized carbons (Fsp3) is 0.200. The van der Waals surface area contributed by atoms with Crippen molar-refractivity contribution in [1.29, 1.82) is 0 Å². The van der Waals surface area contributed by atoms with Gasteiger partial charge < -0.3 is 10.3 Å². The number of anilines is 1. The average Bonchev–Trinajstić information content (AvgIpc) is 3.17. The van der Waals surface area contributed by atoms with Gasteiger partial charge in [0, 0.05) is 28.5 Å². The Labute approximate surface area is 155 Å². The summed E-state index contributed by atoms with van der Waals surface area (Å²) in [6.07, 6.45) is 3.08. The van der Waals surface area contributed by atoms with E-state index in [9.17, 15) is 9.59 Å². The van der Waals surface area contributed by atoms with E-state index in [0.717, 1.165) is 18.5 Å². The van der Waals surface area contributed by atoms with Gasteiger partial charge in [-0.1, -0.05) is 29.8 Å². The molecule has 132 valence electrons. The van der Waals surface area contributed by atoms with Crippen LogP contribution in [0.3, 0.4) is 0 Å². The van der Waals surface area contributed by atoms with Crippen LogP contribution in [0.15, 0.2) is 54.7 Å². The molecule has 1 aromatic heterocycles. The number of hydrogen-bond acceptors (Lipinski definition) is 2. The monoisotopic (exact) mass is 368 g/mol. The Balaban J connectivity index is 1.40. The van der Waals surface area contributed by atoms with Gasteiger partial charge in [0.05, 0.1) is 18.7 Å². The molecular weight excluding hydrogens is 350 g/mol. The van der Waals surface area contributed by atoms with Crippen LogP contribution >= 0.6 is 11.6 Å². The van der Waals surface area contributed by atoms with Crippen LogP contribution in [0.25, 0.3) is 10.9 Å². The molecule has 0 unspecified atom stereocenters. The average molecular weight is 369 g/mol. The Kier molecular flexibility index (Phi) is 4.49. The number of benzene rings is 2. The second-order valence-corrected chi connectivity index (χ2v) is 6.92. The van der Waals surface area contributed by atoms with Crippen molar-refractivity contribution in [2.45, 2.75) is 18.9 Å². The molecule has 0 aliphatic carbocycles. The number of fused-ring (bicyclic) bond motifs is 1. The SMILES string of the molecule is O=C1C[C@@H]([NH2+]CCc2c[nH]c3ccccc23)C(=O)N1c1ccc(Cl)cc1. The standard InChI is InChI=1S/C20H18ClN3O2/c21-14-5-7-15(8-6-14)24-19(25)11-18(20(24)26)22-10-9-13-12-23-17-4-2-1-3-16(13)17/h1-8,12,18,22-23H,9-11H2/p+1/t18-/m1/s1. The highest BCUT2D eigenvalue weighted by molar-refractivity contribution is 6.30. The van der Waals surface area contributed by atoms with Crippen LogP contribution in [0.4, 0.5) is 5.69 Å². The largest absolute Gasteiger partial charge is 0.361 e. The molecule has 1 aliphatic heterocycles. The summed E-state index contributed by atoms with van der Waals surface area (Å²) < 4.78 is 0. The van der Waals surface area contributed by atoms with Gasteiger partial charge in [-0.3, -0.25) is 9.59 Å². The lowest BCUT2D eigenvalue weighted by molar-refractivity contribution is -0.674. The summed E-state index contributed by atoms with van der Waals surface area (Å²) in [7, 11) is 0. The van der Waals surface area contributed by atoms with Crippen molar-refractivity contribution in [3.63, 3.8) is 0 Å². The summed E-state index contributed by atoms with van der Waals surface area (Å²) >= 11 is 5.88. The minimum atomic E-state index is -0.358. The zero-order valence-electron chi connectivity index (χ0n) is 14.1. The number of nitrogens with one attached hydrogen (secondary N) is 1. The quantitative estimate of drug-likeness (QED) is 0.678. The number of nitrogens with two attached hydrogens (primary N) is 1. The van der Waals surface area contributed by atoms with Crippen LogP contribution in [0.2, 0.25) is 5.02 Å². The molecule has 1 fully saturated rings. The highest BCUT2D eigenvalue weighted by atomic mass is 35.5. The molecule has 3 aromatic rings. The number of nitrogens with zero attached hydrogens (tertiary/aromatic N) is 1. The number of imide groups is 1. The van der Waals surface area contributed by atoms with Gasteiger partial charge in [-0.05, 0) is 35.9 Å². The van der Waals surface area contributed by atoms with Gasteiger partial charge >= 0.3 is 0 Å². The Morgan fingerprint density at radius 2 is 1.88 bits per heavy atom. The molecule has 26 heavy (non-hydrogen) atoms. The molecule has 0 radical (unpaired) electrons. The minimum Gasteiger partial charge on any atom is -0.361 e. The molecule has 4 rings (SSSR count). The van der Waals surface area contributed by atoms with Gasteiger partial charge in [0.25, 0.3) is 5.91 Å². The molecule has 0 spiro atoms. The normalized spacial score (nSPS) is 17.4. The highest BCUT2D eigenvalue weighted by Crippen LogP contribution is 2.23. The van der Waals surface area contributed by atoms with E-state index in [1.165, 1.54) is 15.8 Å². The molecule has 2 heterocycles. The Hall–Kier alpha value is -2.63. The lowest BCUT2D eigenvalue weighted by atomic mass is 10.1. The van der Waals surface area contributed by atoms with Gasteiger partial charge in [0.15, 0.2) is 6.04 Å². The van der Waals surface area contributed by atoms with Gasteiger partial charge in [-0.25, -0.2) is 4.90 Å². The summed E-state index contributed by atoms with van der Waals surface area (Å²) in [5, 5.41) is 3.75. The molecule has 0 saturated carbocycles. The highest BCUT2D eigenvalue weighted by Gasteiger charge is 2.42. The third-order valence-electron chi connectivity index (χ3n) is 4.81. The van der Waals surface area contributed by atoms with Gasteiger partial charge in [0.2, 0.25) is 5.91 Å². The first kappa shape index (κ1) is 16.8. The number of aromatic nitrogens is 1. The molecule has 2 amide bonds. The van der Waals surface area contributed by atoms with Crippen molar-refractivity contribution >= 4 is 40.0 Å². The van der Waals surface area contributed by atoms with Crippen molar-refractivity contribution in [3.8, 4) is 0 Å². The number of aromatic amines is 1. The van der Waals surface area contributed by atoms with E-state index in [2.05, 4.69) is 11.1 Å². The smallest absolute Gasteiger partial charge is 0.292 e. The molecule has 3 N–H and O–H groups in total. The fourth-order valence-corrected chi connectivity index (χ4v) is 3.61. The van der Waals surface area contributed by atoms with E-state index < -0.39 is 0 Å². The van der Waals surface area contributed by atoms with Crippen LogP contribution in [0, 0.1) is 0 Å². The summed E-state index contributed by atoms with van der Waals surface area (Å²) in [6.45, 7) is 0.750. The molecule has 0 bridgehead atoms. The fourth-order valence-electron chi connectivity index (χ4n) is 3.48. The third kappa shape index (κ3) is 3.11.